The van der Waals surface area contributed by atoms with Gasteiger partial charge in [0.2, 0.25) is 0 Å². The van der Waals surface area contributed by atoms with Crippen molar-refractivity contribution in [2.45, 2.75) is 45.4 Å². The Morgan fingerprint density at radius 2 is 1.76 bits per heavy atom. The first kappa shape index (κ1) is 18.8. The molecule has 0 amide bonds. The molecule has 0 spiro atoms. The summed E-state index contributed by atoms with van der Waals surface area (Å²) in [6.45, 7) is 2.17. The van der Waals surface area contributed by atoms with Crippen molar-refractivity contribution in [1.29, 1.82) is 0 Å². The molecule has 1 rings (SSSR count). The van der Waals surface area contributed by atoms with Crippen molar-refractivity contribution in [1.82, 2.24) is 0 Å². The van der Waals surface area contributed by atoms with E-state index in [9.17, 15) is 13.2 Å². The summed E-state index contributed by atoms with van der Waals surface area (Å²) in [5.41, 5.74) is 0.851. The maximum absolute atomic E-state index is 12.1. The molecule has 0 saturated carbocycles. The zero-order valence-corrected chi connectivity index (χ0v) is 15.4. The van der Waals surface area contributed by atoms with Crippen molar-refractivity contribution in [2.24, 2.45) is 0 Å². The van der Waals surface area contributed by atoms with Gasteiger partial charge >= 0.3 is 6.36 Å². The number of rotatable bonds is 7. The van der Waals surface area contributed by atoms with E-state index in [1.165, 1.54) is 35.0 Å². The summed E-state index contributed by atoms with van der Waals surface area (Å²) in [4.78, 5) is 0. The Labute approximate surface area is 145 Å². The van der Waals surface area contributed by atoms with Gasteiger partial charge in [0.1, 0.15) is 5.75 Å². The van der Waals surface area contributed by atoms with Crippen LogP contribution in [-0.4, -0.2) is 6.36 Å². The second kappa shape index (κ2) is 9.02. The number of halogens is 5. The lowest BCUT2D eigenvalue weighted by atomic mass is 10.1. The fraction of sp³-hybridized carbons (Fsp3) is 0.467. The van der Waals surface area contributed by atoms with Gasteiger partial charge in [-0.15, -0.1) is 13.2 Å². The molecule has 0 heterocycles. The molecule has 6 heteroatoms. The fourth-order valence-electron chi connectivity index (χ4n) is 1.78. The molecule has 0 aromatic heterocycles. The summed E-state index contributed by atoms with van der Waals surface area (Å²) in [5, 5.41) is 0. The predicted octanol–water partition coefficient (Wildman–Crippen LogP) is 7.05. The van der Waals surface area contributed by atoms with E-state index in [4.69, 9.17) is 0 Å². The summed E-state index contributed by atoms with van der Waals surface area (Å²) < 4.78 is 42.2. The van der Waals surface area contributed by atoms with E-state index in [1.807, 2.05) is 0 Å². The number of hydrogen-bond acceptors (Lipinski definition) is 1. The predicted molar refractivity (Wildman–Crippen MR) is 91.8 cm³/mol. The van der Waals surface area contributed by atoms with Crippen LogP contribution in [-0.2, 0) is 0 Å². The van der Waals surface area contributed by atoms with E-state index in [0.29, 0.717) is 0 Å². The molecular formula is C15H17BrF3IO. The van der Waals surface area contributed by atoms with Gasteiger partial charge in [0.25, 0.3) is 0 Å². The normalized spacial score (nSPS) is 13.0. The largest absolute Gasteiger partial charge is 0.573 e. The zero-order valence-electron chi connectivity index (χ0n) is 11.6. The van der Waals surface area contributed by atoms with Crippen molar-refractivity contribution in [3.8, 4) is 5.75 Å². The Hall–Kier alpha value is -0.240. The van der Waals surface area contributed by atoms with E-state index in [0.717, 1.165) is 22.9 Å². The number of ether oxygens (including phenoxy) is 1. The monoisotopic (exact) mass is 476 g/mol. The van der Waals surface area contributed by atoms with Gasteiger partial charge in [-0.05, 0) is 69.1 Å². The van der Waals surface area contributed by atoms with Crippen LogP contribution in [0.3, 0.4) is 0 Å². The highest BCUT2D eigenvalue weighted by atomic mass is 127. The van der Waals surface area contributed by atoms with E-state index in [2.05, 4.69) is 50.2 Å². The van der Waals surface area contributed by atoms with Crippen LogP contribution >= 0.6 is 38.5 Å². The van der Waals surface area contributed by atoms with Crippen molar-refractivity contribution in [2.75, 3.05) is 0 Å². The van der Waals surface area contributed by atoms with Crippen LogP contribution < -0.4 is 4.74 Å². The Balaban J connectivity index is 2.67. The third-order valence-electron chi connectivity index (χ3n) is 2.83. The highest BCUT2D eigenvalue weighted by Crippen LogP contribution is 2.33. The number of benzene rings is 1. The molecule has 0 unspecified atom stereocenters. The van der Waals surface area contributed by atoms with E-state index in [1.54, 1.807) is 12.1 Å². The van der Waals surface area contributed by atoms with Gasteiger partial charge in [-0.2, -0.15) is 0 Å². The van der Waals surface area contributed by atoms with Crippen LogP contribution in [0.2, 0.25) is 0 Å². The molecule has 1 nitrogen and oxygen atoms in total. The summed E-state index contributed by atoms with van der Waals surface area (Å²) in [6.07, 6.45) is 1.06. The maximum atomic E-state index is 12.1. The third kappa shape index (κ3) is 7.54. The second-order valence-corrected chi connectivity index (χ2v) is 6.70. The topological polar surface area (TPSA) is 9.23 Å². The SMILES string of the molecule is CCCCCC/C(I)=C(\Br)c1ccc(OC(F)(F)F)cc1. The van der Waals surface area contributed by atoms with Gasteiger partial charge in [-0.25, -0.2) is 0 Å². The van der Waals surface area contributed by atoms with Crippen LogP contribution in [0.4, 0.5) is 13.2 Å². The minimum Gasteiger partial charge on any atom is -0.406 e. The smallest absolute Gasteiger partial charge is 0.406 e. The van der Waals surface area contributed by atoms with E-state index >= 15 is 0 Å². The Morgan fingerprint density at radius 1 is 1.14 bits per heavy atom. The fourth-order valence-corrected chi connectivity index (χ4v) is 2.93. The Kier molecular flexibility index (Phi) is 8.08. The van der Waals surface area contributed by atoms with Crippen molar-refractivity contribution in [3.63, 3.8) is 0 Å². The first-order chi connectivity index (χ1) is 9.83. The molecule has 1 aromatic carbocycles. The molecule has 0 N–H and O–H groups in total. The number of unbranched alkanes of at least 4 members (excludes halogenated alkanes) is 3. The molecular weight excluding hydrogens is 460 g/mol. The number of allylic oxidation sites excluding steroid dienone is 1. The summed E-state index contributed by atoms with van der Waals surface area (Å²) >= 11 is 5.79. The van der Waals surface area contributed by atoms with Crippen LogP contribution in [0, 0.1) is 0 Å². The molecule has 0 fully saturated rings. The maximum Gasteiger partial charge on any atom is 0.573 e. The van der Waals surface area contributed by atoms with Crippen LogP contribution in [0.5, 0.6) is 5.75 Å². The number of hydrogen-bond donors (Lipinski definition) is 0. The number of alkyl halides is 3. The van der Waals surface area contributed by atoms with Crippen LogP contribution in [0.15, 0.2) is 27.8 Å². The van der Waals surface area contributed by atoms with Gasteiger partial charge in [0.15, 0.2) is 0 Å². The lowest BCUT2D eigenvalue weighted by Gasteiger charge is -2.10. The van der Waals surface area contributed by atoms with Gasteiger partial charge < -0.3 is 4.74 Å². The van der Waals surface area contributed by atoms with Crippen molar-refractivity contribution < 1.29 is 17.9 Å². The molecule has 0 atom stereocenters. The molecule has 0 aliphatic rings. The standard InChI is InChI=1S/C15H17BrF3IO/c1-2-3-4-5-6-13(20)14(16)11-7-9-12(10-8-11)21-15(17,18)19/h7-10H,2-6H2,1H3/b14-13+. The first-order valence-corrected chi connectivity index (χ1v) is 8.61. The zero-order chi connectivity index (χ0) is 15.9. The molecule has 0 saturated heterocycles. The Morgan fingerprint density at radius 3 is 2.29 bits per heavy atom. The third-order valence-corrected chi connectivity index (χ3v) is 5.59. The molecule has 21 heavy (non-hydrogen) atoms. The molecule has 1 aromatic rings. The quantitative estimate of drug-likeness (QED) is 0.302. The van der Waals surface area contributed by atoms with Crippen molar-refractivity contribution in [3.05, 3.63) is 33.4 Å². The molecule has 0 bridgehead atoms. The highest BCUT2D eigenvalue weighted by Gasteiger charge is 2.30. The summed E-state index contributed by atoms with van der Waals surface area (Å²) in [6, 6.07) is 5.89. The van der Waals surface area contributed by atoms with Gasteiger partial charge in [0, 0.05) is 8.06 Å². The highest BCUT2D eigenvalue weighted by molar-refractivity contribution is 14.1. The average Bonchev–Trinajstić information content (AvgIpc) is 2.41. The minimum absolute atomic E-state index is 0.204. The van der Waals surface area contributed by atoms with Crippen LogP contribution in [0.25, 0.3) is 4.48 Å². The van der Waals surface area contributed by atoms with Gasteiger partial charge in [-0.1, -0.05) is 38.3 Å². The summed E-state index contributed by atoms with van der Waals surface area (Å²) in [5.74, 6) is -0.204. The molecule has 0 radical (unpaired) electrons. The van der Waals surface area contributed by atoms with Gasteiger partial charge in [-0.3, -0.25) is 0 Å². The first-order valence-electron chi connectivity index (χ1n) is 6.74. The average molecular weight is 477 g/mol. The molecule has 0 aliphatic heterocycles. The summed E-state index contributed by atoms with van der Waals surface area (Å²) in [7, 11) is 0. The molecule has 118 valence electrons. The lowest BCUT2D eigenvalue weighted by molar-refractivity contribution is -0.274. The Bertz CT molecular complexity index is 469. The minimum atomic E-state index is -4.65. The second-order valence-electron chi connectivity index (χ2n) is 4.60. The lowest BCUT2D eigenvalue weighted by Crippen LogP contribution is -2.16. The van der Waals surface area contributed by atoms with E-state index < -0.39 is 6.36 Å². The van der Waals surface area contributed by atoms with Crippen molar-refractivity contribution >= 4 is 43.0 Å². The van der Waals surface area contributed by atoms with Gasteiger partial charge in [0.05, 0.1) is 0 Å². The van der Waals surface area contributed by atoms with E-state index in [-0.39, 0.29) is 5.75 Å². The molecule has 0 aliphatic carbocycles. The van der Waals surface area contributed by atoms with Crippen LogP contribution in [0.1, 0.15) is 44.6 Å².